The molecule has 0 heterocycles. The van der Waals surface area contributed by atoms with Gasteiger partial charge in [0.2, 0.25) is 5.91 Å². The average molecular weight is 312 g/mol. The zero-order valence-corrected chi connectivity index (χ0v) is 12.2. The molecular weight excluding hydrogens is 298 g/mol. The first kappa shape index (κ1) is 16.7. The van der Waals surface area contributed by atoms with E-state index in [2.05, 4.69) is 0 Å². The second kappa shape index (κ2) is 8.07. The van der Waals surface area contributed by atoms with Crippen LogP contribution in [0.15, 0.2) is 18.2 Å². The first-order valence-corrected chi connectivity index (χ1v) is 6.51. The van der Waals surface area contributed by atoms with Gasteiger partial charge < -0.3 is 9.64 Å². The van der Waals surface area contributed by atoms with Gasteiger partial charge in [-0.25, -0.2) is 0 Å². The summed E-state index contributed by atoms with van der Waals surface area (Å²) in [6.07, 6.45) is 0.362. The van der Waals surface area contributed by atoms with Gasteiger partial charge in [-0.15, -0.1) is 0 Å². The maximum absolute atomic E-state index is 11.7. The van der Waals surface area contributed by atoms with E-state index in [4.69, 9.17) is 21.6 Å². The summed E-state index contributed by atoms with van der Waals surface area (Å²) in [5.74, 6) is -0.00912. The normalized spacial score (nSPS) is 9.76. The minimum atomic E-state index is -0.552. The average Bonchev–Trinajstić information content (AvgIpc) is 2.46. The molecule has 0 bridgehead atoms. The van der Waals surface area contributed by atoms with Crippen LogP contribution in [0.5, 0.6) is 5.75 Å². The van der Waals surface area contributed by atoms with E-state index < -0.39 is 4.92 Å². The highest BCUT2D eigenvalue weighted by molar-refractivity contribution is 6.32. The Bertz CT molecular complexity index is 571. The second-order valence-corrected chi connectivity index (χ2v) is 4.60. The Labute approximate surface area is 126 Å². The van der Waals surface area contributed by atoms with E-state index >= 15 is 0 Å². The standard InChI is InChI=1S/C13H14ClN3O4/c1-16(7-2-6-15)13(18)5-8-21-12-9-10(17(19)20)3-4-11(12)14/h3-4,9H,2,5,7-8H2,1H3. The fourth-order valence-corrected chi connectivity index (χ4v) is 1.67. The summed E-state index contributed by atoms with van der Waals surface area (Å²) in [5.41, 5.74) is -0.133. The largest absolute Gasteiger partial charge is 0.491 e. The predicted molar refractivity (Wildman–Crippen MR) is 76.1 cm³/mol. The zero-order chi connectivity index (χ0) is 15.8. The van der Waals surface area contributed by atoms with Gasteiger partial charge in [0.1, 0.15) is 5.75 Å². The van der Waals surface area contributed by atoms with Crippen molar-refractivity contribution in [2.75, 3.05) is 20.2 Å². The minimum Gasteiger partial charge on any atom is -0.491 e. The molecule has 1 aromatic rings. The van der Waals surface area contributed by atoms with Gasteiger partial charge in [0.05, 0.1) is 41.5 Å². The molecule has 8 heteroatoms. The van der Waals surface area contributed by atoms with Crippen molar-refractivity contribution in [3.05, 3.63) is 33.3 Å². The molecule has 0 aromatic heterocycles. The SMILES string of the molecule is CN(CCC#N)C(=O)CCOc1cc([N+](=O)[O-])ccc1Cl. The van der Waals surface area contributed by atoms with Gasteiger partial charge in [-0.05, 0) is 6.07 Å². The Balaban J connectivity index is 2.52. The molecule has 1 amide bonds. The number of ether oxygens (including phenoxy) is 1. The third-order valence-corrected chi connectivity index (χ3v) is 3.00. The van der Waals surface area contributed by atoms with Crippen molar-refractivity contribution in [3.63, 3.8) is 0 Å². The molecule has 0 N–H and O–H groups in total. The van der Waals surface area contributed by atoms with Crippen LogP contribution in [0, 0.1) is 21.4 Å². The van der Waals surface area contributed by atoms with Crippen molar-refractivity contribution in [3.8, 4) is 11.8 Å². The lowest BCUT2D eigenvalue weighted by molar-refractivity contribution is -0.384. The van der Waals surface area contributed by atoms with Crippen molar-refractivity contribution in [2.45, 2.75) is 12.8 Å². The summed E-state index contributed by atoms with van der Waals surface area (Å²) in [6, 6.07) is 5.81. The van der Waals surface area contributed by atoms with Crippen LogP contribution in [0.3, 0.4) is 0 Å². The number of nitrogens with zero attached hydrogens (tertiary/aromatic N) is 3. The summed E-state index contributed by atoms with van der Waals surface area (Å²) in [6.45, 7) is 0.406. The van der Waals surface area contributed by atoms with Crippen molar-refractivity contribution in [1.29, 1.82) is 5.26 Å². The Hall–Kier alpha value is -2.33. The lowest BCUT2D eigenvalue weighted by Crippen LogP contribution is -2.28. The monoisotopic (exact) mass is 311 g/mol. The zero-order valence-electron chi connectivity index (χ0n) is 11.4. The van der Waals surface area contributed by atoms with Crippen molar-refractivity contribution in [2.24, 2.45) is 0 Å². The molecule has 0 saturated carbocycles. The van der Waals surface area contributed by atoms with Crippen LogP contribution in [-0.2, 0) is 4.79 Å². The first-order valence-electron chi connectivity index (χ1n) is 6.13. The number of nitro groups is 1. The van der Waals surface area contributed by atoms with E-state index in [0.29, 0.717) is 6.54 Å². The molecule has 0 spiro atoms. The van der Waals surface area contributed by atoms with Gasteiger partial charge in [0.25, 0.3) is 5.69 Å². The van der Waals surface area contributed by atoms with Gasteiger partial charge in [-0.3, -0.25) is 14.9 Å². The molecule has 0 aliphatic carbocycles. The van der Waals surface area contributed by atoms with Crippen LogP contribution in [0.1, 0.15) is 12.8 Å². The minimum absolute atomic E-state index is 0.0522. The molecule has 1 aromatic carbocycles. The van der Waals surface area contributed by atoms with Crippen molar-refractivity contribution < 1.29 is 14.5 Å². The van der Waals surface area contributed by atoms with Gasteiger partial charge >= 0.3 is 0 Å². The fraction of sp³-hybridized carbons (Fsp3) is 0.385. The van der Waals surface area contributed by atoms with Crippen molar-refractivity contribution in [1.82, 2.24) is 4.90 Å². The molecule has 1 rings (SSSR count). The summed E-state index contributed by atoms with van der Waals surface area (Å²) in [5, 5.41) is 19.3. The predicted octanol–water partition coefficient (Wildman–Crippen LogP) is 2.39. The number of non-ortho nitro benzene ring substituents is 1. The van der Waals surface area contributed by atoms with E-state index in [1.807, 2.05) is 6.07 Å². The molecule has 0 radical (unpaired) electrons. The molecule has 0 atom stereocenters. The van der Waals surface area contributed by atoms with Gasteiger partial charge in [-0.1, -0.05) is 11.6 Å². The molecular formula is C13H14ClN3O4. The van der Waals surface area contributed by atoms with Gasteiger partial charge in [-0.2, -0.15) is 5.26 Å². The fourth-order valence-electron chi connectivity index (χ4n) is 1.50. The third-order valence-electron chi connectivity index (χ3n) is 2.68. The molecule has 0 fully saturated rings. The van der Waals surface area contributed by atoms with Crippen LogP contribution in [0.2, 0.25) is 5.02 Å². The maximum atomic E-state index is 11.7. The van der Waals surface area contributed by atoms with Gasteiger partial charge in [0.15, 0.2) is 0 Å². The number of carbonyl (C=O) groups excluding carboxylic acids is 1. The summed E-state index contributed by atoms with van der Waals surface area (Å²) in [7, 11) is 1.60. The topological polar surface area (TPSA) is 96.5 Å². The Kier molecular flexibility index (Phi) is 6.43. The van der Waals surface area contributed by atoms with E-state index in [1.165, 1.54) is 23.1 Å². The Morgan fingerprint density at radius 3 is 2.90 bits per heavy atom. The first-order chi connectivity index (χ1) is 9.95. The number of hydrogen-bond donors (Lipinski definition) is 0. The summed E-state index contributed by atoms with van der Waals surface area (Å²) in [4.78, 5) is 23.2. The molecule has 7 nitrogen and oxygen atoms in total. The number of carbonyl (C=O) groups is 1. The Morgan fingerprint density at radius 1 is 1.57 bits per heavy atom. The third kappa shape index (κ3) is 5.28. The summed E-state index contributed by atoms with van der Waals surface area (Å²) < 4.78 is 5.30. The number of nitro benzene ring substituents is 1. The molecule has 0 aliphatic heterocycles. The lowest BCUT2D eigenvalue weighted by Gasteiger charge is -2.15. The molecule has 0 unspecified atom stereocenters. The molecule has 21 heavy (non-hydrogen) atoms. The van der Waals surface area contributed by atoms with E-state index in [0.717, 1.165) is 0 Å². The van der Waals surface area contributed by atoms with Gasteiger partial charge in [0, 0.05) is 19.7 Å². The Morgan fingerprint density at radius 2 is 2.29 bits per heavy atom. The molecule has 112 valence electrons. The lowest BCUT2D eigenvalue weighted by atomic mass is 10.3. The number of nitriles is 1. The summed E-state index contributed by atoms with van der Waals surface area (Å²) >= 11 is 5.87. The second-order valence-electron chi connectivity index (χ2n) is 4.19. The molecule has 0 aliphatic rings. The highest BCUT2D eigenvalue weighted by Crippen LogP contribution is 2.28. The number of amides is 1. The van der Waals surface area contributed by atoms with Crippen LogP contribution in [-0.4, -0.2) is 35.9 Å². The van der Waals surface area contributed by atoms with E-state index in [9.17, 15) is 14.9 Å². The number of hydrogen-bond acceptors (Lipinski definition) is 5. The highest BCUT2D eigenvalue weighted by Gasteiger charge is 2.12. The smallest absolute Gasteiger partial charge is 0.273 e. The number of rotatable bonds is 7. The van der Waals surface area contributed by atoms with Crippen LogP contribution in [0.4, 0.5) is 5.69 Å². The van der Waals surface area contributed by atoms with Crippen LogP contribution in [0.25, 0.3) is 0 Å². The van der Waals surface area contributed by atoms with E-state index in [-0.39, 0.29) is 41.8 Å². The quantitative estimate of drug-likeness (QED) is 0.569. The molecule has 0 saturated heterocycles. The van der Waals surface area contributed by atoms with Crippen LogP contribution >= 0.6 is 11.6 Å². The maximum Gasteiger partial charge on any atom is 0.273 e. The highest BCUT2D eigenvalue weighted by atomic mass is 35.5. The van der Waals surface area contributed by atoms with Crippen LogP contribution < -0.4 is 4.74 Å². The number of benzene rings is 1. The van der Waals surface area contributed by atoms with Crippen molar-refractivity contribution >= 4 is 23.2 Å². The number of halogens is 1. The van der Waals surface area contributed by atoms with E-state index in [1.54, 1.807) is 7.05 Å².